The maximum Gasteiger partial charge on any atom is 0.351 e. The van der Waals surface area contributed by atoms with E-state index in [1.807, 2.05) is 6.92 Å². The molecule has 1 rings (SSSR count). The molecule has 0 aliphatic carbocycles. The normalized spacial score (nSPS) is 11.7. The lowest BCUT2D eigenvalue weighted by Crippen LogP contribution is -2.17. The minimum absolute atomic E-state index is 0.295. The number of rotatable bonds is 6. The van der Waals surface area contributed by atoms with Gasteiger partial charge in [0.2, 0.25) is 0 Å². The van der Waals surface area contributed by atoms with E-state index in [0.717, 1.165) is 6.92 Å². The molecule has 0 N–H and O–H groups in total. The van der Waals surface area contributed by atoms with Crippen LogP contribution in [-0.4, -0.2) is 18.5 Å². The number of esters is 2. The van der Waals surface area contributed by atoms with Gasteiger partial charge in [0.15, 0.2) is 6.61 Å². The van der Waals surface area contributed by atoms with Gasteiger partial charge in [-0.3, -0.25) is 4.79 Å². The third-order valence-corrected chi connectivity index (χ3v) is 2.40. The summed E-state index contributed by atoms with van der Waals surface area (Å²) in [5, 5.41) is 0. The molecule has 0 aliphatic rings. The Morgan fingerprint density at radius 3 is 2.63 bits per heavy atom. The highest BCUT2D eigenvalue weighted by Gasteiger charge is 2.15. The Hall–Kier alpha value is -1.91. The molecular weight excluding hydrogens is 251 g/mol. The van der Waals surface area contributed by atoms with E-state index in [1.54, 1.807) is 24.3 Å². The first kappa shape index (κ1) is 15.1. The maximum absolute atomic E-state index is 13.9. The minimum Gasteiger partial charge on any atom is -0.481 e. The van der Waals surface area contributed by atoms with E-state index < -0.39 is 24.7 Å². The predicted molar refractivity (Wildman–Crippen MR) is 67.5 cm³/mol. The van der Waals surface area contributed by atoms with Gasteiger partial charge in [0.25, 0.3) is 0 Å². The van der Waals surface area contributed by atoms with Crippen molar-refractivity contribution < 1.29 is 23.5 Å². The quantitative estimate of drug-likeness (QED) is 0.588. The fourth-order valence-corrected chi connectivity index (χ4v) is 1.61. The first-order chi connectivity index (χ1) is 9.04. The van der Waals surface area contributed by atoms with Gasteiger partial charge in [0.05, 0.1) is 0 Å². The van der Waals surface area contributed by atoms with Crippen LogP contribution in [0.3, 0.4) is 0 Å². The summed E-state index contributed by atoms with van der Waals surface area (Å²) in [5.41, 5.74) is 0.403. The van der Waals surface area contributed by atoms with E-state index >= 15 is 0 Å². The molecule has 0 aromatic heterocycles. The smallest absolute Gasteiger partial charge is 0.351 e. The lowest BCUT2D eigenvalue weighted by molar-refractivity contribution is -0.159. The summed E-state index contributed by atoms with van der Waals surface area (Å²) < 4.78 is 23.4. The number of carbonyl (C=O) groups is 2. The van der Waals surface area contributed by atoms with Gasteiger partial charge in [-0.2, -0.15) is 0 Å². The number of benzene rings is 1. The second-order valence-corrected chi connectivity index (χ2v) is 4.05. The topological polar surface area (TPSA) is 52.6 Å². The average Bonchev–Trinajstić information content (AvgIpc) is 2.36. The molecule has 104 valence electrons. The van der Waals surface area contributed by atoms with Crippen molar-refractivity contribution in [2.75, 3.05) is 6.61 Å². The average molecular weight is 268 g/mol. The van der Waals surface area contributed by atoms with Crippen LogP contribution in [0, 0.1) is 0 Å². The maximum atomic E-state index is 13.9. The van der Waals surface area contributed by atoms with Crippen molar-refractivity contribution in [2.45, 2.75) is 32.9 Å². The molecule has 0 aliphatic heterocycles. The summed E-state index contributed by atoms with van der Waals surface area (Å²) in [6.45, 7) is 2.60. The first-order valence-corrected chi connectivity index (χ1v) is 6.11. The zero-order chi connectivity index (χ0) is 14.3. The van der Waals surface area contributed by atoms with Crippen LogP contribution in [0.25, 0.3) is 0 Å². The summed E-state index contributed by atoms with van der Waals surface area (Å²) >= 11 is 0. The highest BCUT2D eigenvalue weighted by atomic mass is 19.1. The highest BCUT2D eigenvalue weighted by molar-refractivity contribution is 5.84. The summed E-state index contributed by atoms with van der Waals surface area (Å²) in [4.78, 5) is 21.7. The van der Waals surface area contributed by atoms with Gasteiger partial charge in [-0.05, 0) is 12.5 Å². The summed E-state index contributed by atoms with van der Waals surface area (Å²) in [6, 6.07) is 6.59. The minimum atomic E-state index is -1.13. The molecule has 5 heteroatoms. The van der Waals surface area contributed by atoms with Gasteiger partial charge in [-0.15, -0.1) is 0 Å². The second kappa shape index (κ2) is 7.51. The SMILES string of the molecule is CCCC(F)c1ccccc1OCC(=O)OC(C)=O. The largest absolute Gasteiger partial charge is 0.481 e. The summed E-state index contributed by atoms with van der Waals surface area (Å²) in [7, 11) is 0. The van der Waals surface area contributed by atoms with Gasteiger partial charge in [-0.1, -0.05) is 31.5 Å². The number of hydrogen-bond donors (Lipinski definition) is 0. The van der Waals surface area contributed by atoms with Crippen LogP contribution in [0.5, 0.6) is 5.75 Å². The molecule has 0 bridgehead atoms. The number of ether oxygens (including phenoxy) is 2. The Kier molecular flexibility index (Phi) is 5.99. The molecule has 0 fully saturated rings. The molecule has 0 saturated heterocycles. The fraction of sp³-hybridized carbons (Fsp3) is 0.429. The van der Waals surface area contributed by atoms with Gasteiger partial charge in [-0.25, -0.2) is 9.18 Å². The number of hydrogen-bond acceptors (Lipinski definition) is 4. The molecule has 0 radical (unpaired) electrons. The monoisotopic (exact) mass is 268 g/mol. The number of halogens is 1. The van der Waals surface area contributed by atoms with Crippen molar-refractivity contribution >= 4 is 11.9 Å². The van der Waals surface area contributed by atoms with E-state index in [4.69, 9.17) is 4.74 Å². The van der Waals surface area contributed by atoms with Crippen LogP contribution in [-0.2, 0) is 14.3 Å². The lowest BCUT2D eigenvalue weighted by atomic mass is 10.1. The molecule has 0 saturated carbocycles. The molecule has 1 aromatic carbocycles. The first-order valence-electron chi connectivity index (χ1n) is 6.11. The van der Waals surface area contributed by atoms with Crippen LogP contribution < -0.4 is 4.74 Å². The molecule has 0 amide bonds. The number of carbonyl (C=O) groups excluding carboxylic acids is 2. The van der Waals surface area contributed by atoms with Gasteiger partial charge in [0.1, 0.15) is 11.9 Å². The Labute approximate surface area is 111 Å². The van der Waals surface area contributed by atoms with E-state index in [9.17, 15) is 14.0 Å². The van der Waals surface area contributed by atoms with Crippen LogP contribution in [0.15, 0.2) is 24.3 Å². The van der Waals surface area contributed by atoms with Crippen molar-refractivity contribution in [3.8, 4) is 5.75 Å². The summed E-state index contributed by atoms with van der Waals surface area (Å²) in [6.07, 6.45) is -0.0369. The van der Waals surface area contributed by atoms with E-state index in [0.29, 0.717) is 24.2 Å². The van der Waals surface area contributed by atoms with Crippen LogP contribution in [0.4, 0.5) is 4.39 Å². The standard InChI is InChI=1S/C14H17FO4/c1-3-6-12(15)11-7-4-5-8-13(11)18-9-14(17)19-10(2)16/h4-5,7-8,12H,3,6,9H2,1-2H3. The zero-order valence-electron chi connectivity index (χ0n) is 11.0. The highest BCUT2D eigenvalue weighted by Crippen LogP contribution is 2.30. The molecule has 0 heterocycles. The van der Waals surface area contributed by atoms with Gasteiger partial charge in [0, 0.05) is 12.5 Å². The van der Waals surface area contributed by atoms with E-state index in [1.165, 1.54) is 0 Å². The van der Waals surface area contributed by atoms with Crippen LogP contribution >= 0.6 is 0 Å². The number of alkyl halides is 1. The Morgan fingerprint density at radius 2 is 2.00 bits per heavy atom. The third kappa shape index (κ3) is 5.07. The summed E-state index contributed by atoms with van der Waals surface area (Å²) in [5.74, 6) is -1.20. The zero-order valence-corrected chi connectivity index (χ0v) is 11.0. The van der Waals surface area contributed by atoms with Crippen molar-refractivity contribution in [3.63, 3.8) is 0 Å². The molecular formula is C14H17FO4. The van der Waals surface area contributed by atoms with Crippen molar-refractivity contribution in [1.82, 2.24) is 0 Å². The predicted octanol–water partition coefficient (Wildman–Crippen LogP) is 2.97. The molecule has 19 heavy (non-hydrogen) atoms. The fourth-order valence-electron chi connectivity index (χ4n) is 1.61. The van der Waals surface area contributed by atoms with Crippen LogP contribution in [0.1, 0.15) is 38.4 Å². The second-order valence-electron chi connectivity index (χ2n) is 4.05. The van der Waals surface area contributed by atoms with Gasteiger partial charge >= 0.3 is 11.9 Å². The Bertz CT molecular complexity index is 445. The van der Waals surface area contributed by atoms with Gasteiger partial charge < -0.3 is 9.47 Å². The van der Waals surface area contributed by atoms with Crippen molar-refractivity contribution in [3.05, 3.63) is 29.8 Å². The van der Waals surface area contributed by atoms with Crippen LogP contribution in [0.2, 0.25) is 0 Å². The Balaban J connectivity index is 2.67. The number of para-hydroxylation sites is 1. The molecule has 1 unspecified atom stereocenters. The molecule has 4 nitrogen and oxygen atoms in total. The molecule has 0 spiro atoms. The van der Waals surface area contributed by atoms with Crippen molar-refractivity contribution in [2.24, 2.45) is 0 Å². The van der Waals surface area contributed by atoms with Crippen molar-refractivity contribution in [1.29, 1.82) is 0 Å². The lowest BCUT2D eigenvalue weighted by Gasteiger charge is -2.13. The Morgan fingerprint density at radius 1 is 1.32 bits per heavy atom. The molecule has 1 atom stereocenters. The molecule has 1 aromatic rings. The van der Waals surface area contributed by atoms with E-state index in [2.05, 4.69) is 4.74 Å². The van der Waals surface area contributed by atoms with E-state index in [-0.39, 0.29) is 0 Å². The third-order valence-electron chi connectivity index (χ3n) is 2.40.